The van der Waals surface area contributed by atoms with Gasteiger partial charge in [0.25, 0.3) is 0 Å². The van der Waals surface area contributed by atoms with Gasteiger partial charge in [-0.1, -0.05) is 15.9 Å². The summed E-state index contributed by atoms with van der Waals surface area (Å²) in [6, 6.07) is 5.90. The Morgan fingerprint density at radius 1 is 1.41 bits per heavy atom. The molecule has 1 atom stereocenters. The first-order valence-electron chi connectivity index (χ1n) is 5.32. The van der Waals surface area contributed by atoms with E-state index in [1.54, 1.807) is 6.20 Å². The number of amides is 1. The second kappa shape index (κ2) is 4.00. The quantitative estimate of drug-likeness (QED) is 0.849. The van der Waals surface area contributed by atoms with Crippen molar-refractivity contribution < 1.29 is 4.79 Å². The number of nitrogens with one attached hydrogen (secondary N) is 2. The monoisotopic (exact) mass is 291 g/mol. The average Bonchev–Trinajstić information content (AvgIpc) is 2.82. The number of hydrogen-bond acceptors (Lipinski definition) is 2. The van der Waals surface area contributed by atoms with Crippen LogP contribution in [0.5, 0.6) is 0 Å². The lowest BCUT2D eigenvalue weighted by molar-refractivity contribution is -0.116. The number of carbonyl (C=O) groups is 1. The molecule has 1 aliphatic rings. The van der Waals surface area contributed by atoms with Crippen molar-refractivity contribution in [1.82, 2.24) is 10.2 Å². The van der Waals surface area contributed by atoms with E-state index in [-0.39, 0.29) is 11.8 Å². The molecule has 86 valence electrons. The third kappa shape index (κ3) is 1.86. The topological polar surface area (TPSA) is 57.8 Å². The second-order valence-electron chi connectivity index (χ2n) is 4.07. The third-order valence-corrected chi connectivity index (χ3v) is 3.47. The van der Waals surface area contributed by atoms with Crippen LogP contribution in [0.4, 0.5) is 5.69 Å². The molecule has 2 N–H and O–H groups in total. The largest absolute Gasteiger partial charge is 0.326 e. The van der Waals surface area contributed by atoms with Crippen LogP contribution in [0, 0.1) is 0 Å². The lowest BCUT2D eigenvalue weighted by atomic mass is 9.86. The average molecular weight is 292 g/mol. The Bertz CT molecular complexity index is 565. The van der Waals surface area contributed by atoms with Gasteiger partial charge in [-0.25, -0.2) is 0 Å². The summed E-state index contributed by atoms with van der Waals surface area (Å²) in [6.07, 6.45) is 4.07. The summed E-state index contributed by atoms with van der Waals surface area (Å²) in [5, 5.41) is 9.63. The Balaban J connectivity index is 2.13. The van der Waals surface area contributed by atoms with Crippen molar-refractivity contribution in [3.8, 4) is 0 Å². The van der Waals surface area contributed by atoms with Crippen molar-refractivity contribution in [2.75, 3.05) is 5.32 Å². The van der Waals surface area contributed by atoms with Gasteiger partial charge in [0.2, 0.25) is 5.91 Å². The predicted molar refractivity (Wildman–Crippen MR) is 67.8 cm³/mol. The van der Waals surface area contributed by atoms with Crippen LogP contribution in [-0.4, -0.2) is 16.1 Å². The second-order valence-corrected chi connectivity index (χ2v) is 4.98. The minimum atomic E-state index is 0.0472. The Kier molecular flexibility index (Phi) is 2.48. The smallest absolute Gasteiger partial charge is 0.225 e. The molecule has 3 rings (SSSR count). The molecule has 1 aromatic carbocycles. The van der Waals surface area contributed by atoms with Crippen LogP contribution >= 0.6 is 15.9 Å². The molecular formula is C12H10BrN3O. The fourth-order valence-electron chi connectivity index (χ4n) is 2.18. The van der Waals surface area contributed by atoms with Gasteiger partial charge in [-0.05, 0) is 29.3 Å². The van der Waals surface area contributed by atoms with E-state index in [2.05, 4.69) is 31.4 Å². The summed E-state index contributed by atoms with van der Waals surface area (Å²) in [5.41, 5.74) is 3.05. The highest BCUT2D eigenvalue weighted by Gasteiger charge is 2.27. The summed E-state index contributed by atoms with van der Waals surface area (Å²) in [6.45, 7) is 0. The van der Waals surface area contributed by atoms with Gasteiger partial charge in [-0.2, -0.15) is 5.10 Å². The lowest BCUT2D eigenvalue weighted by Gasteiger charge is -2.25. The van der Waals surface area contributed by atoms with Crippen molar-refractivity contribution in [2.45, 2.75) is 12.3 Å². The van der Waals surface area contributed by atoms with Crippen LogP contribution in [0.2, 0.25) is 0 Å². The molecule has 0 saturated carbocycles. The number of benzene rings is 1. The molecule has 0 radical (unpaired) electrons. The highest BCUT2D eigenvalue weighted by Crippen LogP contribution is 2.37. The fourth-order valence-corrected chi connectivity index (χ4v) is 2.56. The molecule has 0 saturated heterocycles. The van der Waals surface area contributed by atoms with Gasteiger partial charge in [-0.15, -0.1) is 0 Å². The Morgan fingerprint density at radius 2 is 2.29 bits per heavy atom. The standard InChI is InChI=1S/C12H10BrN3O/c13-8-1-2-11-10(3-8)9(4-12(17)16-11)7-5-14-15-6-7/h1-3,5-6,9H,4H2,(H,14,15)(H,16,17). The maximum atomic E-state index is 11.7. The summed E-state index contributed by atoms with van der Waals surface area (Å²) in [4.78, 5) is 11.7. The first-order chi connectivity index (χ1) is 8.24. The number of rotatable bonds is 1. The molecule has 0 aliphatic carbocycles. The molecule has 2 aromatic rings. The SMILES string of the molecule is O=C1CC(c2cn[nH]c2)c2cc(Br)ccc2N1. The molecule has 4 nitrogen and oxygen atoms in total. The van der Waals surface area contributed by atoms with Crippen LogP contribution in [0.15, 0.2) is 35.1 Å². The van der Waals surface area contributed by atoms with E-state index in [0.717, 1.165) is 21.3 Å². The van der Waals surface area contributed by atoms with Crippen molar-refractivity contribution in [2.24, 2.45) is 0 Å². The number of hydrogen-bond donors (Lipinski definition) is 2. The molecular weight excluding hydrogens is 282 g/mol. The number of nitrogens with zero attached hydrogens (tertiary/aromatic N) is 1. The number of aromatic nitrogens is 2. The maximum Gasteiger partial charge on any atom is 0.225 e. The van der Waals surface area contributed by atoms with E-state index in [4.69, 9.17) is 0 Å². The Morgan fingerprint density at radius 3 is 3.06 bits per heavy atom. The number of H-pyrrole nitrogens is 1. The van der Waals surface area contributed by atoms with Gasteiger partial charge < -0.3 is 5.32 Å². The van der Waals surface area contributed by atoms with Gasteiger partial charge in [-0.3, -0.25) is 9.89 Å². The summed E-state index contributed by atoms with van der Waals surface area (Å²) >= 11 is 3.46. The number of carbonyl (C=O) groups excluding carboxylic acids is 1. The predicted octanol–water partition coefficient (Wildman–Crippen LogP) is 2.65. The lowest BCUT2D eigenvalue weighted by Crippen LogP contribution is -2.23. The van der Waals surface area contributed by atoms with E-state index in [9.17, 15) is 4.79 Å². The van der Waals surface area contributed by atoms with Gasteiger partial charge in [0.05, 0.1) is 6.20 Å². The minimum absolute atomic E-state index is 0.0472. The molecule has 0 bridgehead atoms. The number of aromatic amines is 1. The zero-order valence-electron chi connectivity index (χ0n) is 8.90. The Hall–Kier alpha value is -1.62. The molecule has 1 unspecified atom stereocenters. The highest BCUT2D eigenvalue weighted by molar-refractivity contribution is 9.10. The van der Waals surface area contributed by atoms with Crippen LogP contribution in [0.1, 0.15) is 23.5 Å². The molecule has 1 aromatic heterocycles. The van der Waals surface area contributed by atoms with Crippen LogP contribution in [0.25, 0.3) is 0 Å². The van der Waals surface area contributed by atoms with Gasteiger partial charge in [0, 0.05) is 28.7 Å². The minimum Gasteiger partial charge on any atom is -0.326 e. The van der Waals surface area contributed by atoms with Gasteiger partial charge in [0.1, 0.15) is 0 Å². The Labute approximate surface area is 107 Å². The molecule has 2 heterocycles. The molecule has 1 aliphatic heterocycles. The van der Waals surface area contributed by atoms with Crippen molar-refractivity contribution in [3.05, 3.63) is 46.2 Å². The van der Waals surface area contributed by atoms with E-state index < -0.39 is 0 Å². The number of halogens is 1. The molecule has 0 fully saturated rings. The first-order valence-corrected chi connectivity index (χ1v) is 6.11. The van der Waals surface area contributed by atoms with Crippen molar-refractivity contribution in [1.29, 1.82) is 0 Å². The van der Waals surface area contributed by atoms with Crippen molar-refractivity contribution in [3.63, 3.8) is 0 Å². The first kappa shape index (κ1) is 10.5. The van der Waals surface area contributed by atoms with E-state index in [0.29, 0.717) is 6.42 Å². The van der Waals surface area contributed by atoms with Gasteiger partial charge in [0.15, 0.2) is 0 Å². The molecule has 0 spiro atoms. The van der Waals surface area contributed by atoms with E-state index in [1.165, 1.54) is 0 Å². The zero-order valence-corrected chi connectivity index (χ0v) is 10.5. The van der Waals surface area contributed by atoms with E-state index >= 15 is 0 Å². The zero-order chi connectivity index (χ0) is 11.8. The number of anilines is 1. The highest BCUT2D eigenvalue weighted by atomic mass is 79.9. The van der Waals surface area contributed by atoms with Gasteiger partial charge >= 0.3 is 0 Å². The maximum absolute atomic E-state index is 11.7. The molecule has 17 heavy (non-hydrogen) atoms. The normalized spacial score (nSPS) is 18.6. The third-order valence-electron chi connectivity index (χ3n) is 2.97. The van der Waals surface area contributed by atoms with E-state index in [1.807, 2.05) is 24.4 Å². The van der Waals surface area contributed by atoms with Crippen molar-refractivity contribution >= 4 is 27.5 Å². The summed E-state index contributed by atoms with van der Waals surface area (Å²) in [5.74, 6) is 0.126. The van der Waals surface area contributed by atoms with Crippen LogP contribution in [0.3, 0.4) is 0 Å². The fraction of sp³-hybridized carbons (Fsp3) is 0.167. The molecule has 1 amide bonds. The summed E-state index contributed by atoms with van der Waals surface area (Å²) < 4.78 is 1.01. The van der Waals surface area contributed by atoms with Crippen LogP contribution < -0.4 is 5.32 Å². The summed E-state index contributed by atoms with van der Waals surface area (Å²) in [7, 11) is 0. The van der Waals surface area contributed by atoms with Crippen LogP contribution in [-0.2, 0) is 4.79 Å². The number of fused-ring (bicyclic) bond motifs is 1. The molecule has 5 heteroatoms.